The van der Waals surface area contributed by atoms with Crippen molar-refractivity contribution >= 4 is 50.5 Å². The van der Waals surface area contributed by atoms with E-state index < -0.39 is 27.6 Å². The molecule has 198 valence electrons. The summed E-state index contributed by atoms with van der Waals surface area (Å²) in [4.78, 5) is 48.2. The fourth-order valence-corrected chi connectivity index (χ4v) is 4.76. The average Bonchev–Trinajstić information content (AvgIpc) is 2.88. The lowest BCUT2D eigenvalue weighted by Gasteiger charge is -2.31. The number of carbonyl (C=O) groups is 2. The molecule has 1 aliphatic rings. The molecule has 0 unspecified atom stereocenters. The monoisotopic (exact) mass is 591 g/mol. The Balaban J connectivity index is 1.71. The number of nitrogens with zero attached hydrogens (tertiary/aromatic N) is 2. The van der Waals surface area contributed by atoms with Crippen LogP contribution in [0.15, 0.2) is 99.8 Å². The Bertz CT molecular complexity index is 1450. The first-order valence-corrected chi connectivity index (χ1v) is 12.4. The number of anilines is 2. The zero-order valence-electron chi connectivity index (χ0n) is 20.7. The van der Waals surface area contributed by atoms with Gasteiger partial charge < -0.3 is 16.0 Å². The second kappa shape index (κ2) is 11.3. The van der Waals surface area contributed by atoms with E-state index in [0.717, 1.165) is 4.47 Å². The van der Waals surface area contributed by atoms with Gasteiger partial charge in [0.15, 0.2) is 0 Å². The van der Waals surface area contributed by atoms with Crippen LogP contribution in [0.25, 0.3) is 0 Å². The summed E-state index contributed by atoms with van der Waals surface area (Å²) in [7, 11) is 0. The number of nitrogens with one attached hydrogen (secondary N) is 3. The fraction of sp³-hybridized carbons (Fsp3) is 0.111. The molecule has 1 aliphatic heterocycles. The molecule has 39 heavy (non-hydrogen) atoms. The largest absolute Gasteiger partial charge is 0.362 e. The Morgan fingerprint density at radius 3 is 1.59 bits per heavy atom. The molecule has 0 spiro atoms. The van der Waals surface area contributed by atoms with Gasteiger partial charge in [-0.05, 0) is 55.8 Å². The zero-order valence-corrected chi connectivity index (χ0v) is 22.3. The normalized spacial score (nSPS) is 13.5. The van der Waals surface area contributed by atoms with Crippen molar-refractivity contribution in [1.82, 2.24) is 5.32 Å². The Morgan fingerprint density at radius 1 is 0.769 bits per heavy atom. The van der Waals surface area contributed by atoms with Crippen molar-refractivity contribution in [3.63, 3.8) is 0 Å². The lowest BCUT2D eigenvalue weighted by atomic mass is 9.79. The van der Waals surface area contributed by atoms with Crippen molar-refractivity contribution in [3.05, 3.63) is 126 Å². The first-order valence-electron chi connectivity index (χ1n) is 11.6. The molecule has 2 amide bonds. The summed E-state index contributed by atoms with van der Waals surface area (Å²) in [6, 6.07) is 18.1. The Labute approximate surface area is 231 Å². The maximum atomic E-state index is 13.6. The number of hydrogen-bond donors (Lipinski definition) is 3. The van der Waals surface area contributed by atoms with Gasteiger partial charge in [0.2, 0.25) is 0 Å². The van der Waals surface area contributed by atoms with E-state index in [1.807, 2.05) is 12.1 Å². The highest BCUT2D eigenvalue weighted by Gasteiger charge is 2.36. The molecular weight excluding hydrogens is 570 g/mol. The number of carbonyl (C=O) groups excluding carboxylic acids is 2. The highest BCUT2D eigenvalue weighted by atomic mass is 79.9. The van der Waals surface area contributed by atoms with Gasteiger partial charge in [-0.15, -0.1) is 0 Å². The smallest absolute Gasteiger partial charge is 0.269 e. The highest BCUT2D eigenvalue weighted by Crippen LogP contribution is 2.40. The SMILES string of the molecule is CC1=C(C(=O)Nc2ccc([N+](=O)[O-])cc2)C(c2cccc(Br)c2)C(C(=O)Nc2ccc([N+](=O)[O-])cc2)=C(C)N1. The molecule has 0 radical (unpaired) electrons. The molecule has 1 heterocycles. The second-order valence-electron chi connectivity index (χ2n) is 8.71. The third kappa shape index (κ3) is 6.02. The number of hydrogen-bond acceptors (Lipinski definition) is 7. The van der Waals surface area contributed by atoms with E-state index in [0.29, 0.717) is 28.3 Å². The van der Waals surface area contributed by atoms with Crippen LogP contribution in [0.2, 0.25) is 0 Å². The van der Waals surface area contributed by atoms with Crippen molar-refractivity contribution in [1.29, 1.82) is 0 Å². The number of benzene rings is 3. The zero-order chi connectivity index (χ0) is 28.3. The van der Waals surface area contributed by atoms with Crippen molar-refractivity contribution < 1.29 is 19.4 Å². The molecule has 0 aliphatic carbocycles. The minimum absolute atomic E-state index is 0.112. The van der Waals surface area contributed by atoms with Crippen LogP contribution in [-0.4, -0.2) is 21.7 Å². The minimum atomic E-state index is -0.778. The first kappa shape index (κ1) is 27.2. The number of amides is 2. The van der Waals surface area contributed by atoms with Crippen LogP contribution in [0.3, 0.4) is 0 Å². The van der Waals surface area contributed by atoms with Gasteiger partial charge >= 0.3 is 0 Å². The van der Waals surface area contributed by atoms with Gasteiger partial charge in [-0.3, -0.25) is 29.8 Å². The van der Waals surface area contributed by atoms with Gasteiger partial charge in [-0.1, -0.05) is 28.1 Å². The van der Waals surface area contributed by atoms with E-state index in [1.165, 1.54) is 48.5 Å². The molecular formula is C27H22BrN5O6. The third-order valence-corrected chi connectivity index (χ3v) is 6.60. The van der Waals surface area contributed by atoms with E-state index in [2.05, 4.69) is 31.9 Å². The molecule has 0 saturated carbocycles. The van der Waals surface area contributed by atoms with E-state index in [4.69, 9.17) is 0 Å². The summed E-state index contributed by atoms with van der Waals surface area (Å²) in [5.41, 5.74) is 2.78. The lowest BCUT2D eigenvalue weighted by Crippen LogP contribution is -2.35. The van der Waals surface area contributed by atoms with E-state index in [-0.39, 0.29) is 22.5 Å². The maximum absolute atomic E-state index is 13.6. The number of nitro groups is 2. The molecule has 3 N–H and O–H groups in total. The molecule has 3 aromatic rings. The van der Waals surface area contributed by atoms with Crippen LogP contribution in [0, 0.1) is 20.2 Å². The van der Waals surface area contributed by atoms with Crippen LogP contribution >= 0.6 is 15.9 Å². The maximum Gasteiger partial charge on any atom is 0.269 e. The molecule has 3 aromatic carbocycles. The topological polar surface area (TPSA) is 157 Å². The number of allylic oxidation sites excluding steroid dienone is 2. The van der Waals surface area contributed by atoms with Crippen molar-refractivity contribution in [2.24, 2.45) is 0 Å². The van der Waals surface area contributed by atoms with Crippen molar-refractivity contribution in [3.8, 4) is 0 Å². The van der Waals surface area contributed by atoms with Crippen LogP contribution < -0.4 is 16.0 Å². The van der Waals surface area contributed by atoms with Crippen molar-refractivity contribution in [2.45, 2.75) is 19.8 Å². The number of rotatable bonds is 7. The summed E-state index contributed by atoms with van der Waals surface area (Å²) in [5, 5.41) is 30.6. The summed E-state index contributed by atoms with van der Waals surface area (Å²) in [6.07, 6.45) is 0. The molecule has 0 atom stereocenters. The number of halogens is 1. The van der Waals surface area contributed by atoms with Gasteiger partial charge in [-0.25, -0.2) is 0 Å². The molecule has 4 rings (SSSR count). The molecule has 12 heteroatoms. The average molecular weight is 592 g/mol. The molecule has 0 fully saturated rings. The quantitative estimate of drug-likeness (QED) is 0.232. The second-order valence-corrected chi connectivity index (χ2v) is 9.62. The lowest BCUT2D eigenvalue weighted by molar-refractivity contribution is -0.385. The predicted octanol–water partition coefficient (Wildman–Crippen LogP) is 5.78. The van der Waals surface area contributed by atoms with Crippen LogP contribution in [0.5, 0.6) is 0 Å². The Morgan fingerprint density at radius 2 is 1.21 bits per heavy atom. The molecule has 0 bridgehead atoms. The molecule has 11 nitrogen and oxygen atoms in total. The van der Waals surface area contributed by atoms with Crippen LogP contribution in [-0.2, 0) is 9.59 Å². The standard InChI is InChI=1S/C27H22BrN5O6/c1-15-23(26(34)30-19-6-10-21(11-7-19)32(36)37)25(17-4-3-5-18(28)14-17)24(16(2)29-15)27(35)31-20-8-12-22(13-9-20)33(38)39/h3-14,25,29H,1-2H3,(H,30,34)(H,31,35). The van der Waals surface area contributed by atoms with E-state index in [1.54, 1.807) is 26.0 Å². The molecule has 0 saturated heterocycles. The van der Waals surface area contributed by atoms with Gasteiger partial charge in [0.05, 0.1) is 9.85 Å². The third-order valence-electron chi connectivity index (χ3n) is 6.10. The summed E-state index contributed by atoms with van der Waals surface area (Å²) >= 11 is 3.46. The van der Waals surface area contributed by atoms with Gasteiger partial charge in [0, 0.05) is 68.6 Å². The Kier molecular flexibility index (Phi) is 7.86. The van der Waals surface area contributed by atoms with E-state index in [9.17, 15) is 29.8 Å². The van der Waals surface area contributed by atoms with Crippen LogP contribution in [0.1, 0.15) is 25.3 Å². The van der Waals surface area contributed by atoms with Gasteiger partial charge in [-0.2, -0.15) is 0 Å². The summed E-state index contributed by atoms with van der Waals surface area (Å²) in [6.45, 7) is 3.45. The molecule has 0 aromatic heterocycles. The van der Waals surface area contributed by atoms with Gasteiger partial charge in [0.25, 0.3) is 23.2 Å². The minimum Gasteiger partial charge on any atom is -0.362 e. The fourth-order valence-electron chi connectivity index (χ4n) is 4.35. The van der Waals surface area contributed by atoms with Gasteiger partial charge in [0.1, 0.15) is 0 Å². The van der Waals surface area contributed by atoms with E-state index >= 15 is 0 Å². The predicted molar refractivity (Wildman–Crippen MR) is 149 cm³/mol. The highest BCUT2D eigenvalue weighted by molar-refractivity contribution is 9.10. The summed E-state index contributed by atoms with van der Waals surface area (Å²) in [5.74, 6) is -1.77. The van der Waals surface area contributed by atoms with Crippen molar-refractivity contribution in [2.75, 3.05) is 10.6 Å². The van der Waals surface area contributed by atoms with Crippen LogP contribution in [0.4, 0.5) is 22.7 Å². The number of non-ortho nitro benzene ring substituents is 2. The first-order chi connectivity index (χ1) is 18.5. The Hall–Kier alpha value is -4.84. The number of nitro benzene ring substituents is 2. The summed E-state index contributed by atoms with van der Waals surface area (Å²) < 4.78 is 0.749. The number of dihydropyridines is 1.